The molecule has 0 atom stereocenters. The summed E-state index contributed by atoms with van der Waals surface area (Å²) in [5, 5.41) is 5.44. The lowest BCUT2D eigenvalue weighted by Crippen LogP contribution is -2.36. The van der Waals surface area contributed by atoms with Gasteiger partial charge in [-0.25, -0.2) is 0 Å². The van der Waals surface area contributed by atoms with Crippen molar-refractivity contribution in [1.29, 1.82) is 0 Å². The molecule has 6 heteroatoms. The van der Waals surface area contributed by atoms with Gasteiger partial charge in [0.1, 0.15) is 5.76 Å². The number of nitrogens with zero attached hydrogens (tertiary/aromatic N) is 1. The summed E-state index contributed by atoms with van der Waals surface area (Å²) in [6.45, 7) is 5.46. The number of amides is 2. The Hall–Kier alpha value is -2.60. The molecule has 2 amide bonds. The lowest BCUT2D eigenvalue weighted by Gasteiger charge is -2.19. The van der Waals surface area contributed by atoms with E-state index in [4.69, 9.17) is 4.42 Å². The summed E-state index contributed by atoms with van der Waals surface area (Å²) in [5.41, 5.74) is 2.80. The van der Waals surface area contributed by atoms with Crippen molar-refractivity contribution in [1.82, 2.24) is 15.5 Å². The molecule has 28 heavy (non-hydrogen) atoms. The maximum absolute atomic E-state index is 12.0. The molecule has 0 bridgehead atoms. The van der Waals surface area contributed by atoms with Crippen molar-refractivity contribution in [2.45, 2.75) is 45.7 Å². The molecular formula is C22H29N3O3. The average molecular weight is 383 g/mol. The Kier molecular flexibility index (Phi) is 7.25. The molecule has 0 aliphatic carbocycles. The molecule has 1 saturated heterocycles. The number of rotatable bonds is 7. The number of likely N-dealkylation sites (tertiary alicyclic amines) is 1. The van der Waals surface area contributed by atoms with Crippen molar-refractivity contribution in [3.63, 3.8) is 0 Å². The first-order valence-corrected chi connectivity index (χ1v) is 10.0. The van der Waals surface area contributed by atoms with Gasteiger partial charge < -0.3 is 15.1 Å². The van der Waals surface area contributed by atoms with Crippen LogP contribution in [-0.4, -0.2) is 36.3 Å². The highest BCUT2D eigenvalue weighted by molar-refractivity contribution is 5.97. The zero-order valence-corrected chi connectivity index (χ0v) is 16.5. The highest BCUT2D eigenvalue weighted by Crippen LogP contribution is 2.14. The third kappa shape index (κ3) is 5.96. The van der Waals surface area contributed by atoms with E-state index in [2.05, 4.69) is 39.8 Å². The van der Waals surface area contributed by atoms with E-state index in [-0.39, 0.29) is 18.4 Å². The van der Waals surface area contributed by atoms with Gasteiger partial charge in [-0.05, 0) is 50.0 Å². The van der Waals surface area contributed by atoms with E-state index in [9.17, 15) is 9.59 Å². The Morgan fingerprint density at radius 1 is 0.964 bits per heavy atom. The van der Waals surface area contributed by atoms with Crippen molar-refractivity contribution < 1.29 is 14.0 Å². The van der Waals surface area contributed by atoms with Gasteiger partial charge in [0.25, 0.3) is 5.91 Å². The van der Waals surface area contributed by atoms with E-state index >= 15 is 0 Å². The number of carbonyl (C=O) groups excluding carboxylic acids is 2. The van der Waals surface area contributed by atoms with E-state index in [1.54, 1.807) is 13.0 Å². The van der Waals surface area contributed by atoms with Gasteiger partial charge >= 0.3 is 0 Å². The summed E-state index contributed by atoms with van der Waals surface area (Å²) in [4.78, 5) is 26.5. The number of furan rings is 1. The largest absolute Gasteiger partial charge is 0.469 e. The average Bonchev–Trinajstić information content (AvgIpc) is 2.97. The molecule has 6 nitrogen and oxygen atoms in total. The molecule has 2 N–H and O–H groups in total. The molecule has 0 saturated carbocycles. The molecule has 1 fully saturated rings. The Morgan fingerprint density at radius 3 is 2.29 bits per heavy atom. The van der Waals surface area contributed by atoms with Gasteiger partial charge in [0.15, 0.2) is 0 Å². The first-order chi connectivity index (χ1) is 13.6. The predicted octanol–water partition coefficient (Wildman–Crippen LogP) is 3.01. The summed E-state index contributed by atoms with van der Waals surface area (Å²) in [6, 6.07) is 9.98. The maximum atomic E-state index is 12.0. The van der Waals surface area contributed by atoms with E-state index < -0.39 is 0 Å². The normalized spacial score (nSPS) is 15.0. The van der Waals surface area contributed by atoms with Crippen molar-refractivity contribution in [3.8, 4) is 0 Å². The highest BCUT2D eigenvalue weighted by Gasteiger charge is 2.12. The second kappa shape index (κ2) is 10.1. The van der Waals surface area contributed by atoms with Gasteiger partial charge in [0.2, 0.25) is 5.91 Å². The maximum Gasteiger partial charge on any atom is 0.255 e. The number of aryl methyl sites for hydroxylation is 1. The van der Waals surface area contributed by atoms with Crippen molar-refractivity contribution in [3.05, 3.63) is 59.0 Å². The second-order valence-corrected chi connectivity index (χ2v) is 7.36. The third-order valence-electron chi connectivity index (χ3n) is 5.13. The van der Waals surface area contributed by atoms with Crippen LogP contribution in [0.15, 0.2) is 41.0 Å². The smallest absolute Gasteiger partial charge is 0.255 e. The van der Waals surface area contributed by atoms with Crippen LogP contribution in [0.1, 0.15) is 52.9 Å². The van der Waals surface area contributed by atoms with Crippen LogP contribution in [-0.2, 0) is 17.9 Å². The van der Waals surface area contributed by atoms with Crippen LogP contribution in [0.3, 0.4) is 0 Å². The Balaban J connectivity index is 1.39. The topological polar surface area (TPSA) is 74.6 Å². The highest BCUT2D eigenvalue weighted by atomic mass is 16.3. The Labute approximate surface area is 166 Å². The third-order valence-corrected chi connectivity index (χ3v) is 5.13. The number of nitrogens with one attached hydrogen (secondary N) is 2. The fourth-order valence-electron chi connectivity index (χ4n) is 3.45. The van der Waals surface area contributed by atoms with Gasteiger partial charge in [-0.15, -0.1) is 0 Å². The number of benzene rings is 1. The molecule has 3 rings (SSSR count). The summed E-state index contributed by atoms with van der Waals surface area (Å²) in [6.07, 6.45) is 6.73. The SMILES string of the molecule is Cc1occc1C(=O)NCC(=O)NCc1ccc(CN2CCCCCC2)cc1. The molecule has 1 aliphatic rings. The van der Waals surface area contributed by atoms with Crippen LogP contribution in [0, 0.1) is 6.92 Å². The summed E-state index contributed by atoms with van der Waals surface area (Å²) in [5.74, 6) is 0.0144. The number of hydrogen-bond acceptors (Lipinski definition) is 4. The van der Waals surface area contributed by atoms with Crippen molar-refractivity contribution in [2.75, 3.05) is 19.6 Å². The Morgan fingerprint density at radius 2 is 1.64 bits per heavy atom. The van der Waals surface area contributed by atoms with E-state index in [0.717, 1.165) is 12.1 Å². The molecule has 150 valence electrons. The first kappa shape index (κ1) is 20.1. The van der Waals surface area contributed by atoms with Gasteiger partial charge in [0, 0.05) is 13.1 Å². The molecule has 1 aliphatic heterocycles. The van der Waals surface area contributed by atoms with Crippen LogP contribution in [0.25, 0.3) is 0 Å². The standard InChI is InChI=1S/C22H29N3O3/c1-17-20(10-13-28-17)22(27)24-15-21(26)23-14-18-6-8-19(9-7-18)16-25-11-4-2-3-5-12-25/h6-10,13H,2-5,11-12,14-16H2,1H3,(H,23,26)(H,24,27). The Bertz CT molecular complexity index is 775. The van der Waals surface area contributed by atoms with Gasteiger partial charge in [0.05, 0.1) is 18.4 Å². The van der Waals surface area contributed by atoms with Gasteiger partial charge in [-0.1, -0.05) is 37.1 Å². The van der Waals surface area contributed by atoms with Crippen LogP contribution >= 0.6 is 0 Å². The van der Waals surface area contributed by atoms with E-state index in [0.29, 0.717) is 17.9 Å². The molecule has 1 aromatic heterocycles. The van der Waals surface area contributed by atoms with Crippen LogP contribution in [0.5, 0.6) is 0 Å². The molecule has 0 radical (unpaired) electrons. The summed E-state index contributed by atoms with van der Waals surface area (Å²) in [7, 11) is 0. The quantitative estimate of drug-likeness (QED) is 0.771. The van der Waals surface area contributed by atoms with Crippen LogP contribution < -0.4 is 10.6 Å². The molecule has 2 aromatic rings. The molecular weight excluding hydrogens is 354 g/mol. The van der Waals surface area contributed by atoms with Crippen LogP contribution in [0.4, 0.5) is 0 Å². The fourth-order valence-corrected chi connectivity index (χ4v) is 3.45. The summed E-state index contributed by atoms with van der Waals surface area (Å²) >= 11 is 0. The predicted molar refractivity (Wildman–Crippen MR) is 108 cm³/mol. The monoisotopic (exact) mass is 383 g/mol. The van der Waals surface area contributed by atoms with Crippen molar-refractivity contribution >= 4 is 11.8 Å². The van der Waals surface area contributed by atoms with E-state index in [1.165, 1.54) is 50.6 Å². The minimum atomic E-state index is -0.306. The van der Waals surface area contributed by atoms with Crippen molar-refractivity contribution in [2.24, 2.45) is 0 Å². The molecule has 1 aromatic carbocycles. The molecule has 0 unspecified atom stereocenters. The van der Waals surface area contributed by atoms with E-state index in [1.807, 2.05) is 0 Å². The minimum Gasteiger partial charge on any atom is -0.469 e. The number of carbonyl (C=O) groups is 2. The lowest BCUT2D eigenvalue weighted by atomic mass is 10.1. The van der Waals surface area contributed by atoms with Crippen LogP contribution in [0.2, 0.25) is 0 Å². The first-order valence-electron chi connectivity index (χ1n) is 10.0. The zero-order valence-electron chi connectivity index (χ0n) is 16.5. The van der Waals surface area contributed by atoms with Gasteiger partial charge in [-0.2, -0.15) is 0 Å². The van der Waals surface area contributed by atoms with Gasteiger partial charge in [-0.3, -0.25) is 14.5 Å². The zero-order chi connectivity index (χ0) is 19.8. The second-order valence-electron chi connectivity index (χ2n) is 7.36. The molecule has 2 heterocycles. The fraction of sp³-hybridized carbons (Fsp3) is 0.455. The molecule has 0 spiro atoms. The number of hydrogen-bond donors (Lipinski definition) is 2. The summed E-state index contributed by atoms with van der Waals surface area (Å²) < 4.78 is 5.10. The minimum absolute atomic E-state index is 0.0590. The lowest BCUT2D eigenvalue weighted by molar-refractivity contribution is -0.120.